The lowest BCUT2D eigenvalue weighted by Crippen LogP contribution is -2.36. The van der Waals surface area contributed by atoms with Gasteiger partial charge in [0.25, 0.3) is 0 Å². The van der Waals surface area contributed by atoms with Gasteiger partial charge in [-0.05, 0) is 57.4 Å². The molecule has 4 heteroatoms. The summed E-state index contributed by atoms with van der Waals surface area (Å²) in [7, 11) is 0. The minimum Gasteiger partial charge on any atom is -0.317 e. The van der Waals surface area contributed by atoms with Crippen LogP contribution in [0.1, 0.15) is 19.8 Å². The van der Waals surface area contributed by atoms with Crippen molar-refractivity contribution in [1.82, 2.24) is 20.9 Å². The first-order valence-electron chi connectivity index (χ1n) is 7.23. The number of rotatable bonds is 7. The number of likely N-dealkylation sites (tertiary alicyclic amines) is 1. The van der Waals surface area contributed by atoms with Gasteiger partial charge in [-0.15, -0.1) is 0 Å². The van der Waals surface area contributed by atoms with Crippen molar-refractivity contribution >= 4 is 0 Å². The van der Waals surface area contributed by atoms with Crippen molar-refractivity contribution in [2.24, 2.45) is 11.8 Å². The average molecular weight is 240 g/mol. The lowest BCUT2D eigenvalue weighted by atomic mass is 10.1. The summed E-state index contributed by atoms with van der Waals surface area (Å²) in [6.07, 6.45) is 2.70. The second-order valence-corrected chi connectivity index (χ2v) is 5.51. The van der Waals surface area contributed by atoms with E-state index in [1.165, 1.54) is 52.1 Å². The van der Waals surface area contributed by atoms with Crippen molar-refractivity contribution in [1.29, 1.82) is 0 Å². The molecule has 2 heterocycles. The molecule has 2 aliphatic heterocycles. The third-order valence-electron chi connectivity index (χ3n) is 3.98. The average Bonchev–Trinajstić information content (AvgIpc) is 2.98. The van der Waals surface area contributed by atoms with E-state index >= 15 is 0 Å². The maximum Gasteiger partial charge on any atom is 0.0480 e. The molecule has 0 radical (unpaired) electrons. The van der Waals surface area contributed by atoms with E-state index in [-0.39, 0.29) is 0 Å². The summed E-state index contributed by atoms with van der Waals surface area (Å²) in [6, 6.07) is 0. The summed E-state index contributed by atoms with van der Waals surface area (Å²) in [5.41, 5.74) is 0. The first-order valence-corrected chi connectivity index (χ1v) is 7.23. The summed E-state index contributed by atoms with van der Waals surface area (Å²) < 4.78 is 0. The van der Waals surface area contributed by atoms with Crippen LogP contribution in [0.25, 0.3) is 0 Å². The van der Waals surface area contributed by atoms with Crippen molar-refractivity contribution < 1.29 is 0 Å². The van der Waals surface area contributed by atoms with Crippen molar-refractivity contribution in [2.75, 3.05) is 52.5 Å². The van der Waals surface area contributed by atoms with Crippen LogP contribution >= 0.6 is 0 Å². The standard InChI is InChI=1S/C13H28N4/c1-2-14-9-13-4-6-17(10-13)11-16-8-12-3-5-15-7-12/h12-16H,2-11H2,1H3/t12-,13?/m0/s1. The largest absolute Gasteiger partial charge is 0.317 e. The van der Waals surface area contributed by atoms with E-state index < -0.39 is 0 Å². The molecule has 0 aromatic rings. The molecule has 2 fully saturated rings. The molecule has 0 aromatic carbocycles. The second kappa shape index (κ2) is 7.31. The molecular formula is C13H28N4. The van der Waals surface area contributed by atoms with Gasteiger partial charge in [-0.1, -0.05) is 6.92 Å². The fourth-order valence-electron chi connectivity index (χ4n) is 2.89. The Bertz CT molecular complexity index is 204. The summed E-state index contributed by atoms with van der Waals surface area (Å²) in [4.78, 5) is 2.56. The van der Waals surface area contributed by atoms with E-state index in [0.29, 0.717) is 0 Å². The van der Waals surface area contributed by atoms with Crippen molar-refractivity contribution in [3.8, 4) is 0 Å². The maximum absolute atomic E-state index is 3.61. The topological polar surface area (TPSA) is 39.3 Å². The van der Waals surface area contributed by atoms with Crippen LogP contribution in [-0.2, 0) is 0 Å². The zero-order valence-electron chi connectivity index (χ0n) is 11.2. The third kappa shape index (κ3) is 4.54. The van der Waals surface area contributed by atoms with Crippen molar-refractivity contribution in [2.45, 2.75) is 19.8 Å². The van der Waals surface area contributed by atoms with Crippen LogP contribution < -0.4 is 16.0 Å². The van der Waals surface area contributed by atoms with E-state index in [1.807, 2.05) is 0 Å². The van der Waals surface area contributed by atoms with Gasteiger partial charge in [-0.3, -0.25) is 4.90 Å². The molecule has 0 spiro atoms. The minimum absolute atomic E-state index is 0.857. The van der Waals surface area contributed by atoms with E-state index in [2.05, 4.69) is 27.8 Å². The fourth-order valence-corrected chi connectivity index (χ4v) is 2.89. The second-order valence-electron chi connectivity index (χ2n) is 5.51. The van der Waals surface area contributed by atoms with Crippen LogP contribution in [0.2, 0.25) is 0 Å². The molecule has 1 unspecified atom stereocenters. The fraction of sp³-hybridized carbons (Fsp3) is 1.00. The van der Waals surface area contributed by atoms with Gasteiger partial charge in [0.2, 0.25) is 0 Å². The lowest BCUT2D eigenvalue weighted by Gasteiger charge is -2.18. The van der Waals surface area contributed by atoms with Gasteiger partial charge in [0, 0.05) is 19.8 Å². The first kappa shape index (κ1) is 13.3. The molecule has 0 bridgehead atoms. The smallest absolute Gasteiger partial charge is 0.0480 e. The van der Waals surface area contributed by atoms with E-state index in [0.717, 1.165) is 25.0 Å². The lowest BCUT2D eigenvalue weighted by molar-refractivity contribution is 0.288. The van der Waals surface area contributed by atoms with Crippen LogP contribution in [0.4, 0.5) is 0 Å². The zero-order chi connectivity index (χ0) is 11.9. The summed E-state index contributed by atoms with van der Waals surface area (Å²) >= 11 is 0. The molecule has 0 amide bonds. The Morgan fingerprint density at radius 1 is 1.18 bits per heavy atom. The number of hydrogen-bond donors (Lipinski definition) is 3. The van der Waals surface area contributed by atoms with E-state index in [4.69, 9.17) is 0 Å². The van der Waals surface area contributed by atoms with Crippen LogP contribution in [0.5, 0.6) is 0 Å². The van der Waals surface area contributed by atoms with Crippen LogP contribution in [-0.4, -0.2) is 57.4 Å². The van der Waals surface area contributed by atoms with Crippen molar-refractivity contribution in [3.05, 3.63) is 0 Å². The molecule has 4 nitrogen and oxygen atoms in total. The van der Waals surface area contributed by atoms with Gasteiger partial charge in [-0.2, -0.15) is 0 Å². The van der Waals surface area contributed by atoms with Gasteiger partial charge in [0.1, 0.15) is 0 Å². The highest BCUT2D eigenvalue weighted by Gasteiger charge is 2.21. The molecule has 2 rings (SSSR count). The highest BCUT2D eigenvalue weighted by molar-refractivity contribution is 4.77. The van der Waals surface area contributed by atoms with E-state index in [1.54, 1.807) is 0 Å². The predicted molar refractivity (Wildman–Crippen MR) is 72.1 cm³/mol. The number of hydrogen-bond acceptors (Lipinski definition) is 4. The zero-order valence-corrected chi connectivity index (χ0v) is 11.2. The summed E-state index contributed by atoms with van der Waals surface area (Å²) in [5, 5.41) is 10.5. The quantitative estimate of drug-likeness (QED) is 0.589. The Labute approximate surface area is 106 Å². The Kier molecular flexibility index (Phi) is 5.71. The Hall–Kier alpha value is -0.160. The Morgan fingerprint density at radius 2 is 2.06 bits per heavy atom. The van der Waals surface area contributed by atoms with Crippen molar-refractivity contribution in [3.63, 3.8) is 0 Å². The van der Waals surface area contributed by atoms with E-state index in [9.17, 15) is 0 Å². The SMILES string of the molecule is CCNCC1CCN(CNC[C@H]2CCNC2)C1. The molecule has 3 N–H and O–H groups in total. The van der Waals surface area contributed by atoms with Gasteiger partial charge in [0.15, 0.2) is 0 Å². The number of nitrogens with zero attached hydrogens (tertiary/aromatic N) is 1. The summed E-state index contributed by atoms with van der Waals surface area (Å²) in [6.45, 7) is 11.7. The predicted octanol–water partition coefficient (Wildman–Crippen LogP) is 0.0744. The molecular weight excluding hydrogens is 212 g/mol. The number of nitrogens with one attached hydrogen (secondary N) is 3. The molecule has 0 saturated carbocycles. The Morgan fingerprint density at radius 3 is 2.82 bits per heavy atom. The first-order chi connectivity index (χ1) is 8.38. The summed E-state index contributed by atoms with van der Waals surface area (Å²) in [5.74, 6) is 1.72. The third-order valence-corrected chi connectivity index (χ3v) is 3.98. The van der Waals surface area contributed by atoms with Crippen LogP contribution in [0.15, 0.2) is 0 Å². The molecule has 0 aliphatic carbocycles. The molecule has 17 heavy (non-hydrogen) atoms. The molecule has 2 saturated heterocycles. The normalized spacial score (nSPS) is 30.2. The molecule has 2 atom stereocenters. The van der Waals surface area contributed by atoms with Crippen LogP contribution in [0, 0.1) is 11.8 Å². The highest BCUT2D eigenvalue weighted by atomic mass is 15.2. The Balaban J connectivity index is 1.51. The van der Waals surface area contributed by atoms with Gasteiger partial charge in [0.05, 0.1) is 0 Å². The highest BCUT2D eigenvalue weighted by Crippen LogP contribution is 2.14. The maximum atomic E-state index is 3.61. The van der Waals surface area contributed by atoms with Gasteiger partial charge >= 0.3 is 0 Å². The monoisotopic (exact) mass is 240 g/mol. The molecule has 100 valence electrons. The molecule has 2 aliphatic rings. The molecule has 0 aromatic heterocycles. The minimum atomic E-state index is 0.857. The van der Waals surface area contributed by atoms with Gasteiger partial charge in [-0.25, -0.2) is 0 Å². The van der Waals surface area contributed by atoms with Gasteiger partial charge < -0.3 is 16.0 Å². The van der Waals surface area contributed by atoms with Crippen LogP contribution in [0.3, 0.4) is 0 Å².